The SMILES string of the molecule is CC(=O)c1ccc(S(=O)(=O)NCCCC(=O)NC2CCCC2)cc1. The standard InChI is InChI=1S/C17H24N2O4S/c1-13(20)14-8-10-16(11-9-14)24(22,23)18-12-4-7-17(21)19-15-5-2-3-6-15/h8-11,15,18H,2-7,12H2,1H3,(H,19,21). The van der Waals surface area contributed by atoms with Crippen molar-refractivity contribution < 1.29 is 18.0 Å². The van der Waals surface area contributed by atoms with E-state index in [1.54, 1.807) is 0 Å². The first-order valence-electron chi connectivity index (χ1n) is 8.28. The molecule has 24 heavy (non-hydrogen) atoms. The van der Waals surface area contributed by atoms with Crippen LogP contribution in [0.4, 0.5) is 0 Å². The molecule has 1 aliphatic rings. The maximum atomic E-state index is 12.1. The zero-order valence-electron chi connectivity index (χ0n) is 13.9. The monoisotopic (exact) mass is 352 g/mol. The summed E-state index contributed by atoms with van der Waals surface area (Å²) in [5.74, 6) is -0.132. The van der Waals surface area contributed by atoms with Gasteiger partial charge in [-0.2, -0.15) is 0 Å². The van der Waals surface area contributed by atoms with Crippen LogP contribution in [0.1, 0.15) is 55.8 Å². The molecular formula is C17H24N2O4S. The largest absolute Gasteiger partial charge is 0.353 e. The minimum Gasteiger partial charge on any atom is -0.353 e. The summed E-state index contributed by atoms with van der Waals surface area (Å²) in [6.07, 6.45) is 5.15. The van der Waals surface area contributed by atoms with Crippen LogP contribution in [0.15, 0.2) is 29.2 Å². The fourth-order valence-electron chi connectivity index (χ4n) is 2.78. The Morgan fingerprint density at radius 3 is 2.33 bits per heavy atom. The van der Waals surface area contributed by atoms with Crippen LogP contribution in [0, 0.1) is 0 Å². The lowest BCUT2D eigenvalue weighted by atomic mass is 10.2. The van der Waals surface area contributed by atoms with Gasteiger partial charge in [-0.1, -0.05) is 25.0 Å². The van der Waals surface area contributed by atoms with Crippen molar-refractivity contribution in [1.29, 1.82) is 0 Å². The van der Waals surface area contributed by atoms with Crippen LogP contribution in [-0.2, 0) is 14.8 Å². The molecule has 0 unspecified atom stereocenters. The summed E-state index contributed by atoms with van der Waals surface area (Å²) in [7, 11) is -3.62. The highest BCUT2D eigenvalue weighted by Gasteiger charge is 2.17. The van der Waals surface area contributed by atoms with Gasteiger partial charge in [-0.25, -0.2) is 13.1 Å². The number of carbonyl (C=O) groups is 2. The molecule has 0 bridgehead atoms. The van der Waals surface area contributed by atoms with Gasteiger partial charge in [0.15, 0.2) is 5.78 Å². The Morgan fingerprint density at radius 1 is 1.12 bits per heavy atom. The molecule has 0 atom stereocenters. The van der Waals surface area contributed by atoms with Crippen molar-refractivity contribution in [1.82, 2.24) is 10.0 Å². The van der Waals surface area contributed by atoms with Gasteiger partial charge in [0.05, 0.1) is 4.90 Å². The highest BCUT2D eigenvalue weighted by atomic mass is 32.2. The lowest BCUT2D eigenvalue weighted by Crippen LogP contribution is -2.33. The minimum absolute atomic E-state index is 0.0214. The van der Waals surface area contributed by atoms with Crippen molar-refractivity contribution >= 4 is 21.7 Å². The Balaban J connectivity index is 1.75. The van der Waals surface area contributed by atoms with E-state index in [2.05, 4.69) is 10.0 Å². The summed E-state index contributed by atoms with van der Waals surface area (Å²) in [4.78, 5) is 23.1. The molecular weight excluding hydrogens is 328 g/mol. The summed E-state index contributed by atoms with van der Waals surface area (Å²) >= 11 is 0. The molecule has 0 aromatic heterocycles. The molecule has 2 N–H and O–H groups in total. The summed E-state index contributed by atoms with van der Waals surface area (Å²) < 4.78 is 26.8. The van der Waals surface area contributed by atoms with Crippen molar-refractivity contribution in [2.24, 2.45) is 0 Å². The number of hydrogen-bond acceptors (Lipinski definition) is 4. The molecule has 1 aliphatic carbocycles. The summed E-state index contributed by atoms with van der Waals surface area (Å²) in [6.45, 7) is 1.63. The number of amides is 1. The highest BCUT2D eigenvalue weighted by molar-refractivity contribution is 7.89. The van der Waals surface area contributed by atoms with Crippen molar-refractivity contribution in [3.8, 4) is 0 Å². The Morgan fingerprint density at radius 2 is 1.75 bits per heavy atom. The Hall–Kier alpha value is -1.73. The summed E-state index contributed by atoms with van der Waals surface area (Å²) in [5.41, 5.74) is 0.470. The molecule has 1 aromatic rings. The maximum absolute atomic E-state index is 12.1. The number of carbonyl (C=O) groups excluding carboxylic acids is 2. The second kappa shape index (κ2) is 8.39. The Kier molecular flexibility index (Phi) is 6.51. The first-order chi connectivity index (χ1) is 11.4. The van der Waals surface area contributed by atoms with Gasteiger partial charge in [-0.15, -0.1) is 0 Å². The molecule has 1 fully saturated rings. The van der Waals surface area contributed by atoms with E-state index < -0.39 is 10.0 Å². The molecule has 2 rings (SSSR count). The number of Topliss-reactive ketones (excluding diaryl/α,β-unsaturated/α-hetero) is 1. The first-order valence-corrected chi connectivity index (χ1v) is 9.77. The number of rotatable bonds is 8. The van der Waals surface area contributed by atoms with E-state index in [4.69, 9.17) is 0 Å². The average Bonchev–Trinajstić information content (AvgIpc) is 3.04. The number of hydrogen-bond donors (Lipinski definition) is 2. The topological polar surface area (TPSA) is 92.3 Å². The lowest BCUT2D eigenvalue weighted by Gasteiger charge is -2.12. The van der Waals surface area contributed by atoms with Crippen LogP contribution in [-0.4, -0.2) is 32.7 Å². The second-order valence-electron chi connectivity index (χ2n) is 6.13. The molecule has 7 heteroatoms. The van der Waals surface area contributed by atoms with E-state index in [1.807, 2.05) is 0 Å². The number of benzene rings is 1. The normalized spacial score (nSPS) is 15.4. The quantitative estimate of drug-likeness (QED) is 0.553. The predicted octanol–water partition coefficient (Wildman–Crippen LogP) is 2.01. The molecule has 1 aromatic carbocycles. The van der Waals surface area contributed by atoms with Gasteiger partial charge in [-0.3, -0.25) is 9.59 Å². The van der Waals surface area contributed by atoms with Gasteiger partial charge in [0.1, 0.15) is 0 Å². The van der Waals surface area contributed by atoms with Gasteiger partial charge in [0.2, 0.25) is 15.9 Å². The first kappa shape index (κ1) is 18.6. The molecule has 0 spiro atoms. The minimum atomic E-state index is -3.62. The van der Waals surface area contributed by atoms with Gasteiger partial charge >= 0.3 is 0 Å². The highest BCUT2D eigenvalue weighted by Crippen LogP contribution is 2.17. The molecule has 0 radical (unpaired) electrons. The van der Waals surface area contributed by atoms with Crippen LogP contribution in [0.2, 0.25) is 0 Å². The molecule has 0 heterocycles. The van der Waals surface area contributed by atoms with Crippen LogP contribution < -0.4 is 10.0 Å². The summed E-state index contributed by atoms with van der Waals surface area (Å²) in [6, 6.07) is 6.09. The van der Waals surface area contributed by atoms with Crippen LogP contribution in [0.5, 0.6) is 0 Å². The van der Waals surface area contributed by atoms with Crippen molar-refractivity contribution in [2.75, 3.05) is 6.54 Å². The van der Waals surface area contributed by atoms with Crippen LogP contribution >= 0.6 is 0 Å². The van der Waals surface area contributed by atoms with E-state index in [-0.39, 0.29) is 29.2 Å². The van der Waals surface area contributed by atoms with Crippen LogP contribution in [0.25, 0.3) is 0 Å². The van der Waals surface area contributed by atoms with Crippen LogP contribution in [0.3, 0.4) is 0 Å². The van der Waals surface area contributed by atoms with Gasteiger partial charge in [0, 0.05) is 24.6 Å². The Labute approximate surface area is 143 Å². The molecule has 0 aliphatic heterocycles. The number of sulfonamides is 1. The van der Waals surface area contributed by atoms with E-state index in [1.165, 1.54) is 31.2 Å². The van der Waals surface area contributed by atoms with E-state index in [0.29, 0.717) is 18.4 Å². The zero-order valence-corrected chi connectivity index (χ0v) is 14.7. The van der Waals surface area contributed by atoms with E-state index in [9.17, 15) is 18.0 Å². The average molecular weight is 352 g/mol. The van der Waals surface area contributed by atoms with Gasteiger partial charge in [0.25, 0.3) is 0 Å². The van der Waals surface area contributed by atoms with Gasteiger partial charge in [-0.05, 0) is 38.3 Å². The third-order valence-corrected chi connectivity index (χ3v) is 5.64. The number of ketones is 1. The Bertz CT molecular complexity index is 677. The lowest BCUT2D eigenvalue weighted by molar-refractivity contribution is -0.121. The number of nitrogens with one attached hydrogen (secondary N) is 2. The van der Waals surface area contributed by atoms with Crippen molar-refractivity contribution in [2.45, 2.75) is 56.4 Å². The van der Waals surface area contributed by atoms with E-state index in [0.717, 1.165) is 25.7 Å². The summed E-state index contributed by atoms with van der Waals surface area (Å²) in [5, 5.41) is 2.98. The molecule has 132 valence electrons. The third kappa shape index (κ3) is 5.42. The molecule has 0 saturated heterocycles. The smallest absolute Gasteiger partial charge is 0.240 e. The zero-order chi connectivity index (χ0) is 17.6. The van der Waals surface area contributed by atoms with E-state index >= 15 is 0 Å². The predicted molar refractivity (Wildman–Crippen MR) is 91.3 cm³/mol. The second-order valence-corrected chi connectivity index (χ2v) is 7.90. The van der Waals surface area contributed by atoms with Crippen molar-refractivity contribution in [3.05, 3.63) is 29.8 Å². The molecule has 1 amide bonds. The fraction of sp³-hybridized carbons (Fsp3) is 0.529. The van der Waals surface area contributed by atoms with Gasteiger partial charge < -0.3 is 5.32 Å². The fourth-order valence-corrected chi connectivity index (χ4v) is 3.85. The van der Waals surface area contributed by atoms with Crippen molar-refractivity contribution in [3.63, 3.8) is 0 Å². The maximum Gasteiger partial charge on any atom is 0.240 e. The third-order valence-electron chi connectivity index (χ3n) is 4.16. The molecule has 6 nitrogen and oxygen atoms in total. The molecule has 1 saturated carbocycles.